The number of rotatable bonds is 8. The topological polar surface area (TPSA) is 15.7 Å². The predicted molar refractivity (Wildman–Crippen MR) is 125 cm³/mol. The number of likely N-dealkylation sites (tertiary alicyclic amines) is 1. The molecule has 0 aliphatic carbocycles. The van der Waals surface area contributed by atoms with Crippen molar-refractivity contribution in [2.45, 2.75) is 32.1 Å². The first kappa shape index (κ1) is 22.3. The molecule has 3 rings (SSSR count). The van der Waals surface area contributed by atoms with Gasteiger partial charge in [0, 0.05) is 38.3 Å². The van der Waals surface area contributed by atoms with E-state index in [2.05, 4.69) is 55.1 Å². The van der Waals surface area contributed by atoms with Gasteiger partial charge in [-0.05, 0) is 61.7 Å². The summed E-state index contributed by atoms with van der Waals surface area (Å²) < 4.78 is 6.17. The van der Waals surface area contributed by atoms with Crippen molar-refractivity contribution < 1.29 is 4.74 Å². The normalized spacial score (nSPS) is 19.9. The average Bonchev–Trinajstić information content (AvgIpc) is 2.73. The number of anilines is 1. The zero-order chi connectivity index (χ0) is 20.8. The molecule has 0 radical (unpaired) electrons. The molecule has 0 saturated carbocycles. The second-order valence-electron chi connectivity index (χ2n) is 8.18. The van der Waals surface area contributed by atoms with Gasteiger partial charge in [0.2, 0.25) is 0 Å². The van der Waals surface area contributed by atoms with Gasteiger partial charge in [-0.3, -0.25) is 0 Å². The summed E-state index contributed by atoms with van der Waals surface area (Å²) >= 11 is 12.2. The van der Waals surface area contributed by atoms with Crippen molar-refractivity contribution in [2.75, 3.05) is 45.2 Å². The van der Waals surface area contributed by atoms with Crippen LogP contribution in [0.2, 0.25) is 10.0 Å². The van der Waals surface area contributed by atoms with Gasteiger partial charge in [-0.2, -0.15) is 0 Å². The van der Waals surface area contributed by atoms with Crippen molar-refractivity contribution in [2.24, 2.45) is 5.92 Å². The summed E-state index contributed by atoms with van der Waals surface area (Å²) in [5.41, 5.74) is 2.64. The van der Waals surface area contributed by atoms with Crippen molar-refractivity contribution in [1.29, 1.82) is 0 Å². The molecule has 1 heterocycles. The molecule has 2 aromatic carbocycles. The Morgan fingerprint density at radius 3 is 2.48 bits per heavy atom. The minimum absolute atomic E-state index is 0.445. The summed E-state index contributed by atoms with van der Waals surface area (Å²) in [6.07, 6.45) is 3.65. The van der Waals surface area contributed by atoms with Crippen LogP contribution in [0.5, 0.6) is 5.75 Å². The smallest absolute Gasteiger partial charge is 0.120 e. The lowest BCUT2D eigenvalue weighted by Gasteiger charge is -2.39. The molecule has 0 N–H and O–H groups in total. The van der Waals surface area contributed by atoms with E-state index in [0.717, 1.165) is 18.8 Å². The molecule has 0 bridgehead atoms. The predicted octanol–water partition coefficient (Wildman–Crippen LogP) is 6.34. The molecular weight excluding hydrogens is 403 g/mol. The van der Waals surface area contributed by atoms with E-state index in [0.29, 0.717) is 28.5 Å². The summed E-state index contributed by atoms with van der Waals surface area (Å²) in [7, 11) is 4.16. The summed E-state index contributed by atoms with van der Waals surface area (Å²) in [6, 6.07) is 14.5. The maximum atomic E-state index is 6.17. The third-order valence-corrected chi connectivity index (χ3v) is 6.58. The minimum Gasteiger partial charge on any atom is -0.493 e. The van der Waals surface area contributed by atoms with Crippen molar-refractivity contribution in [3.05, 3.63) is 58.1 Å². The number of nitrogens with zero attached hydrogens (tertiary/aromatic N) is 2. The Balaban J connectivity index is 1.73. The third-order valence-electron chi connectivity index (χ3n) is 5.84. The molecule has 2 aromatic rings. The molecule has 0 aromatic heterocycles. The second-order valence-corrected chi connectivity index (χ2v) is 9.00. The minimum atomic E-state index is 0.445. The molecule has 5 heteroatoms. The zero-order valence-corrected chi connectivity index (χ0v) is 19.2. The van der Waals surface area contributed by atoms with Gasteiger partial charge in [0.1, 0.15) is 5.75 Å². The summed E-state index contributed by atoms with van der Waals surface area (Å²) in [4.78, 5) is 4.74. The Labute approximate surface area is 185 Å². The first-order valence-corrected chi connectivity index (χ1v) is 11.3. The first-order valence-electron chi connectivity index (χ1n) is 10.6. The molecule has 1 fully saturated rings. The van der Waals surface area contributed by atoms with Crippen molar-refractivity contribution in [3.8, 4) is 5.75 Å². The molecular formula is C24H32Cl2N2O. The number of halogens is 2. The van der Waals surface area contributed by atoms with Crippen molar-refractivity contribution in [3.63, 3.8) is 0 Å². The standard InChI is InChI=1S/C24H32Cl2N2O/c1-4-5-13-28-14-12-22(18-6-8-20(9-7-18)27(2)3)19(16-28)17-29-21-10-11-23(25)24(26)15-21/h6-11,15,19,22H,4-5,12-14,16-17H2,1-3H3. The summed E-state index contributed by atoms with van der Waals surface area (Å²) in [6.45, 7) is 6.33. The van der Waals surface area contributed by atoms with Gasteiger partial charge in [0.05, 0.1) is 16.7 Å². The van der Waals surface area contributed by atoms with Crippen LogP contribution < -0.4 is 9.64 Å². The first-order chi connectivity index (χ1) is 14.0. The van der Waals surface area contributed by atoms with Gasteiger partial charge >= 0.3 is 0 Å². The van der Waals surface area contributed by atoms with E-state index in [4.69, 9.17) is 27.9 Å². The van der Waals surface area contributed by atoms with E-state index < -0.39 is 0 Å². The number of piperidine rings is 1. The molecule has 3 nitrogen and oxygen atoms in total. The van der Waals surface area contributed by atoms with E-state index >= 15 is 0 Å². The molecule has 0 spiro atoms. The van der Waals surface area contributed by atoms with Gasteiger partial charge in [-0.1, -0.05) is 48.7 Å². The van der Waals surface area contributed by atoms with E-state index in [-0.39, 0.29) is 0 Å². The molecule has 2 unspecified atom stereocenters. The van der Waals surface area contributed by atoms with Crippen LogP contribution in [0.3, 0.4) is 0 Å². The molecule has 1 aliphatic rings. The van der Waals surface area contributed by atoms with E-state index in [1.165, 1.54) is 37.1 Å². The van der Waals surface area contributed by atoms with E-state index in [1.807, 2.05) is 12.1 Å². The number of hydrogen-bond acceptors (Lipinski definition) is 3. The van der Waals surface area contributed by atoms with Gasteiger partial charge < -0.3 is 14.5 Å². The molecule has 1 aliphatic heterocycles. The average molecular weight is 435 g/mol. The molecule has 158 valence electrons. The fraction of sp³-hybridized carbons (Fsp3) is 0.500. The summed E-state index contributed by atoms with van der Waals surface area (Å²) in [5.74, 6) is 1.74. The Morgan fingerprint density at radius 1 is 1.07 bits per heavy atom. The summed E-state index contributed by atoms with van der Waals surface area (Å²) in [5, 5.41) is 1.09. The zero-order valence-electron chi connectivity index (χ0n) is 17.7. The van der Waals surface area contributed by atoms with E-state index in [1.54, 1.807) is 6.07 Å². The van der Waals surface area contributed by atoms with Gasteiger partial charge in [0.15, 0.2) is 0 Å². The van der Waals surface area contributed by atoms with Crippen LogP contribution in [0.25, 0.3) is 0 Å². The van der Waals surface area contributed by atoms with E-state index in [9.17, 15) is 0 Å². The van der Waals surface area contributed by atoms with Crippen LogP contribution in [0.4, 0.5) is 5.69 Å². The van der Waals surface area contributed by atoms with Crippen LogP contribution >= 0.6 is 23.2 Å². The fourth-order valence-corrected chi connectivity index (χ4v) is 4.38. The maximum Gasteiger partial charge on any atom is 0.120 e. The number of unbranched alkanes of at least 4 members (excludes halogenated alkanes) is 1. The van der Waals surface area contributed by atoms with Crippen molar-refractivity contribution in [1.82, 2.24) is 4.90 Å². The fourth-order valence-electron chi connectivity index (χ4n) is 4.09. The highest BCUT2D eigenvalue weighted by Crippen LogP contribution is 2.35. The Hall–Kier alpha value is -1.42. The highest BCUT2D eigenvalue weighted by atomic mass is 35.5. The number of ether oxygens (including phenoxy) is 1. The molecule has 29 heavy (non-hydrogen) atoms. The van der Waals surface area contributed by atoms with Crippen LogP contribution in [0.15, 0.2) is 42.5 Å². The second kappa shape index (κ2) is 10.6. The molecule has 0 amide bonds. The van der Waals surface area contributed by atoms with Crippen molar-refractivity contribution >= 4 is 28.9 Å². The number of hydrogen-bond donors (Lipinski definition) is 0. The molecule has 2 atom stereocenters. The Kier molecular flexibility index (Phi) is 8.11. The third kappa shape index (κ3) is 6.04. The van der Waals surface area contributed by atoms with Gasteiger partial charge in [0.25, 0.3) is 0 Å². The van der Waals surface area contributed by atoms with Crippen LogP contribution in [0.1, 0.15) is 37.7 Å². The highest BCUT2D eigenvalue weighted by Gasteiger charge is 2.30. The van der Waals surface area contributed by atoms with Gasteiger partial charge in [-0.15, -0.1) is 0 Å². The lowest BCUT2D eigenvalue weighted by molar-refractivity contribution is 0.110. The van der Waals surface area contributed by atoms with Crippen LogP contribution in [-0.2, 0) is 0 Å². The highest BCUT2D eigenvalue weighted by molar-refractivity contribution is 6.42. The SMILES string of the molecule is CCCCN1CCC(c2ccc(N(C)C)cc2)C(COc2ccc(Cl)c(Cl)c2)C1. The quantitative estimate of drug-likeness (QED) is 0.481. The maximum absolute atomic E-state index is 6.17. The van der Waals surface area contributed by atoms with Crippen LogP contribution in [0, 0.1) is 5.92 Å². The lowest BCUT2D eigenvalue weighted by Crippen LogP contribution is -2.42. The van der Waals surface area contributed by atoms with Crippen LogP contribution in [-0.4, -0.2) is 45.2 Å². The Bertz CT molecular complexity index is 779. The number of benzene rings is 2. The van der Waals surface area contributed by atoms with Gasteiger partial charge in [-0.25, -0.2) is 0 Å². The largest absolute Gasteiger partial charge is 0.493 e. The lowest BCUT2D eigenvalue weighted by atomic mass is 9.80. The monoisotopic (exact) mass is 434 g/mol. The Morgan fingerprint density at radius 2 is 1.83 bits per heavy atom. The molecule has 1 saturated heterocycles.